The van der Waals surface area contributed by atoms with E-state index in [1.165, 1.54) is 32.9 Å². The average Bonchev–Trinajstić information content (AvgIpc) is 3.65. The molecular weight excluding hydrogens is 486 g/mol. The summed E-state index contributed by atoms with van der Waals surface area (Å²) >= 11 is 0. The lowest BCUT2D eigenvalue weighted by Gasteiger charge is -2.46. The monoisotopic (exact) mass is 515 g/mol. The molecule has 10 nitrogen and oxygen atoms in total. The number of aromatic amines is 1. The van der Waals surface area contributed by atoms with Crippen molar-refractivity contribution in [2.45, 2.75) is 19.9 Å². The fraction of sp³-hybridized carbons (Fsp3) is 0.250. The van der Waals surface area contributed by atoms with Crippen LogP contribution in [0.5, 0.6) is 0 Å². The van der Waals surface area contributed by atoms with Crippen molar-refractivity contribution in [3.8, 4) is 0 Å². The molecule has 0 bridgehead atoms. The second-order valence-electron chi connectivity index (χ2n) is 9.34. The van der Waals surface area contributed by atoms with E-state index in [4.69, 9.17) is 4.74 Å². The third kappa shape index (κ3) is 5.19. The second kappa shape index (κ2) is 11.1. The molecule has 1 unspecified atom stereocenters. The fourth-order valence-corrected chi connectivity index (χ4v) is 4.66. The summed E-state index contributed by atoms with van der Waals surface area (Å²) in [6.45, 7) is 4.70. The average molecular weight is 516 g/mol. The van der Waals surface area contributed by atoms with Gasteiger partial charge in [0.25, 0.3) is 5.91 Å². The number of hydrogen-bond donors (Lipinski definition) is 1. The van der Waals surface area contributed by atoms with Gasteiger partial charge in [-0.05, 0) is 23.8 Å². The third-order valence-corrected chi connectivity index (χ3v) is 6.34. The van der Waals surface area contributed by atoms with Crippen molar-refractivity contribution >= 4 is 23.5 Å². The predicted molar refractivity (Wildman–Crippen MR) is 140 cm³/mol. The quantitative estimate of drug-likeness (QED) is 0.406. The van der Waals surface area contributed by atoms with Gasteiger partial charge in [0.1, 0.15) is 11.4 Å². The van der Waals surface area contributed by atoms with Crippen molar-refractivity contribution in [2.75, 3.05) is 25.7 Å². The molecule has 1 atom stereocenters. The summed E-state index contributed by atoms with van der Waals surface area (Å²) in [7, 11) is 2.68. The van der Waals surface area contributed by atoms with Crippen LogP contribution < -0.4 is 4.90 Å². The lowest BCUT2D eigenvalue weighted by Crippen LogP contribution is -2.48. The number of esters is 2. The molecule has 0 saturated carbocycles. The molecule has 1 aliphatic rings. The van der Waals surface area contributed by atoms with Gasteiger partial charge in [-0.15, -0.1) is 0 Å². The number of methoxy groups -OCH3 is 2. The number of nitrogens with one attached hydrogen (secondary N) is 1. The van der Waals surface area contributed by atoms with Crippen molar-refractivity contribution in [1.29, 1.82) is 0 Å². The zero-order chi connectivity index (χ0) is 27.3. The summed E-state index contributed by atoms with van der Waals surface area (Å²) in [5, 5.41) is 0. The zero-order valence-electron chi connectivity index (χ0n) is 21.6. The molecule has 1 N–H and O–H groups in total. The van der Waals surface area contributed by atoms with Crippen molar-refractivity contribution in [3.05, 3.63) is 102 Å². The standard InChI is InChI=1S/C23H23N3O3.C5H6N2O2/c1-23(2)14-25(21(27)16-9-5-4-6-10-16)18-12-8-7-11-17(18)20(23)26-15-24-13-19(26)22(28)29-3;1-9-5(8)4-2-6-3-7-4/h4-13,15,20H,14H2,1-3H3;2-3H,1H3,(H,6,7). The number of H-pyrrole nitrogens is 1. The van der Waals surface area contributed by atoms with Crippen LogP contribution in [0.1, 0.15) is 56.8 Å². The number of carbonyl (C=O) groups excluding carboxylic acids is 3. The summed E-state index contributed by atoms with van der Waals surface area (Å²) < 4.78 is 11.2. The highest BCUT2D eigenvalue weighted by molar-refractivity contribution is 6.07. The number of ether oxygens (including phenoxy) is 2. The number of imidazole rings is 2. The van der Waals surface area contributed by atoms with E-state index in [1.54, 1.807) is 6.33 Å². The van der Waals surface area contributed by atoms with Gasteiger partial charge in [-0.2, -0.15) is 0 Å². The van der Waals surface area contributed by atoms with Gasteiger partial charge in [0.15, 0.2) is 0 Å². The highest BCUT2D eigenvalue weighted by Gasteiger charge is 2.43. The maximum atomic E-state index is 13.3. The number of anilines is 1. The molecule has 10 heteroatoms. The minimum absolute atomic E-state index is 0.0385. The van der Waals surface area contributed by atoms with Crippen LogP contribution in [0, 0.1) is 5.41 Å². The van der Waals surface area contributed by atoms with Gasteiger partial charge in [-0.25, -0.2) is 19.6 Å². The van der Waals surface area contributed by atoms with E-state index in [-0.39, 0.29) is 17.4 Å². The lowest BCUT2D eigenvalue weighted by atomic mass is 9.75. The molecule has 5 rings (SSSR count). The van der Waals surface area contributed by atoms with E-state index < -0.39 is 11.9 Å². The van der Waals surface area contributed by atoms with Crippen LogP contribution >= 0.6 is 0 Å². The minimum Gasteiger partial charge on any atom is -0.464 e. The first-order valence-electron chi connectivity index (χ1n) is 11.9. The minimum atomic E-state index is -0.432. The summed E-state index contributed by atoms with van der Waals surface area (Å²) in [5.41, 5.74) is 2.86. The smallest absolute Gasteiger partial charge is 0.356 e. The maximum Gasteiger partial charge on any atom is 0.356 e. The van der Waals surface area contributed by atoms with Crippen molar-refractivity contribution in [2.24, 2.45) is 5.41 Å². The Morgan fingerprint density at radius 3 is 2.26 bits per heavy atom. The molecule has 2 aromatic carbocycles. The van der Waals surface area contributed by atoms with Crippen LogP contribution in [0.15, 0.2) is 79.6 Å². The summed E-state index contributed by atoms with van der Waals surface area (Å²) in [4.78, 5) is 48.4. The van der Waals surface area contributed by atoms with Gasteiger partial charge in [0.2, 0.25) is 0 Å². The number of aromatic nitrogens is 4. The number of fused-ring (bicyclic) bond motifs is 1. The van der Waals surface area contributed by atoms with Crippen molar-refractivity contribution in [1.82, 2.24) is 19.5 Å². The van der Waals surface area contributed by atoms with Crippen molar-refractivity contribution in [3.63, 3.8) is 0 Å². The van der Waals surface area contributed by atoms with Gasteiger partial charge in [0.05, 0.1) is 45.3 Å². The second-order valence-corrected chi connectivity index (χ2v) is 9.34. The van der Waals surface area contributed by atoms with E-state index in [2.05, 4.69) is 33.5 Å². The van der Waals surface area contributed by atoms with Gasteiger partial charge in [-0.1, -0.05) is 50.2 Å². The Labute approximate surface area is 220 Å². The molecule has 38 heavy (non-hydrogen) atoms. The normalized spacial score (nSPS) is 15.5. The number of carbonyl (C=O) groups is 3. The molecule has 4 aromatic rings. The molecule has 0 aliphatic carbocycles. The van der Waals surface area contributed by atoms with Crippen molar-refractivity contribution < 1.29 is 23.9 Å². The third-order valence-electron chi connectivity index (χ3n) is 6.34. The number of para-hydroxylation sites is 1. The molecule has 0 spiro atoms. The van der Waals surface area contributed by atoms with E-state index in [0.29, 0.717) is 23.5 Å². The summed E-state index contributed by atoms with van der Waals surface area (Å²) in [5.74, 6) is -0.866. The Morgan fingerprint density at radius 2 is 1.61 bits per heavy atom. The molecule has 0 fully saturated rings. The Hall–Kier alpha value is -4.73. The summed E-state index contributed by atoms with van der Waals surface area (Å²) in [6, 6.07) is 17.0. The fourth-order valence-electron chi connectivity index (χ4n) is 4.66. The van der Waals surface area contributed by atoms with Crippen LogP contribution in [0.25, 0.3) is 0 Å². The molecule has 1 amide bonds. The zero-order valence-corrected chi connectivity index (χ0v) is 21.6. The van der Waals surface area contributed by atoms with Crippen LogP contribution in [-0.4, -0.2) is 58.1 Å². The van der Waals surface area contributed by atoms with E-state index in [9.17, 15) is 14.4 Å². The van der Waals surface area contributed by atoms with Gasteiger partial charge in [-0.3, -0.25) is 4.79 Å². The highest BCUT2D eigenvalue weighted by Crippen LogP contribution is 2.47. The predicted octanol–water partition coefficient (Wildman–Crippen LogP) is 4.14. The van der Waals surface area contributed by atoms with E-state index >= 15 is 0 Å². The largest absolute Gasteiger partial charge is 0.464 e. The number of nitrogens with zero attached hydrogens (tertiary/aromatic N) is 4. The Balaban J connectivity index is 0.000000317. The first-order valence-corrected chi connectivity index (χ1v) is 11.9. The lowest BCUT2D eigenvalue weighted by molar-refractivity contribution is 0.0577. The number of amides is 1. The molecular formula is C28H29N5O5. The number of hydrogen-bond acceptors (Lipinski definition) is 7. The maximum absolute atomic E-state index is 13.3. The summed E-state index contributed by atoms with van der Waals surface area (Å²) in [6.07, 6.45) is 6.01. The van der Waals surface area contributed by atoms with Gasteiger partial charge >= 0.3 is 11.9 Å². The Kier molecular flexibility index (Phi) is 7.71. The van der Waals surface area contributed by atoms with Gasteiger partial charge < -0.3 is 23.9 Å². The first-order chi connectivity index (χ1) is 18.3. The molecule has 2 aromatic heterocycles. The van der Waals surface area contributed by atoms with Crippen LogP contribution in [0.2, 0.25) is 0 Å². The van der Waals surface area contributed by atoms with Gasteiger partial charge in [0, 0.05) is 23.2 Å². The van der Waals surface area contributed by atoms with E-state index in [1.807, 2.05) is 64.1 Å². The number of benzene rings is 2. The highest BCUT2D eigenvalue weighted by atomic mass is 16.5. The molecule has 3 heterocycles. The molecule has 0 saturated heterocycles. The first kappa shape index (κ1) is 26.3. The molecule has 1 aliphatic heterocycles. The topological polar surface area (TPSA) is 119 Å². The van der Waals surface area contributed by atoms with Crippen LogP contribution in [0.4, 0.5) is 5.69 Å². The number of rotatable bonds is 4. The van der Waals surface area contributed by atoms with E-state index in [0.717, 1.165) is 11.3 Å². The van der Waals surface area contributed by atoms with Crippen LogP contribution in [0.3, 0.4) is 0 Å². The van der Waals surface area contributed by atoms with Crippen LogP contribution in [-0.2, 0) is 9.47 Å². The molecule has 0 radical (unpaired) electrons. The Bertz CT molecular complexity index is 1410. The molecule has 196 valence electrons. The Morgan fingerprint density at radius 1 is 0.921 bits per heavy atom. The SMILES string of the molecule is COC(=O)c1cnc[nH]1.COC(=O)c1cncn1C1c2ccccc2N(C(=O)c2ccccc2)CC1(C)C.